The van der Waals surface area contributed by atoms with Crippen molar-refractivity contribution in [2.45, 2.75) is 362 Å². The molecule has 0 rings (SSSR count). The Balaban J connectivity index is 5.76. The Hall–Kier alpha value is -0.800. The molecule has 7 heteroatoms. The van der Waals surface area contributed by atoms with Gasteiger partial charge >= 0.3 is 0 Å². The van der Waals surface area contributed by atoms with Gasteiger partial charge in [-0.05, 0) is 63.5 Å². The van der Waals surface area contributed by atoms with Crippen LogP contribution in [-0.4, -0.2) is 64.8 Å². The van der Waals surface area contributed by atoms with Crippen molar-refractivity contribution in [2.24, 2.45) is 0 Å². The van der Waals surface area contributed by atoms with E-state index in [1.165, 1.54) is 231 Å². The average molecular weight is 1040 g/mol. The van der Waals surface area contributed by atoms with Gasteiger partial charge in [-0.25, -0.2) is 0 Å². The third kappa shape index (κ3) is 57.2. The fourth-order valence-corrected chi connectivity index (χ4v) is 9.33. The molecular formula is C66H130O7. The summed E-state index contributed by atoms with van der Waals surface area (Å²) in [4.78, 5) is 0. The molecule has 7 nitrogen and oxygen atoms in total. The van der Waals surface area contributed by atoms with Crippen molar-refractivity contribution in [3.63, 3.8) is 0 Å². The Bertz CT molecular complexity index is 928. The molecule has 0 aliphatic heterocycles. The number of unbranched alkanes of at least 4 members (excludes halogenated alkanes) is 36. The minimum absolute atomic E-state index is 0.179. The molecule has 0 saturated heterocycles. The second-order valence-corrected chi connectivity index (χ2v) is 21.7. The molecule has 0 aromatic carbocycles. The first kappa shape index (κ1) is 72.2. The third-order valence-corrected chi connectivity index (χ3v) is 14.3. The highest BCUT2D eigenvalue weighted by molar-refractivity contribution is 4.90. The van der Waals surface area contributed by atoms with Gasteiger partial charge in [0.2, 0.25) is 0 Å². The minimum atomic E-state index is -0.492. The Kier molecular flexibility index (Phi) is 63.0. The van der Waals surface area contributed by atoms with E-state index in [9.17, 15) is 0 Å². The Morgan fingerprint density at radius 1 is 0.233 bits per heavy atom. The standard InChI is InChI=1S/C66H130O7/c1-7-13-19-25-29-33-39-49-57-67-63(68-58-50-40-34-30-26-20-14-8-2)53-43-45-55-65(71-61-47-37-23-17-11-5)73-66(72-62-48-38-24-18-12-6)56-46-44-54-64(69-59-51-41-35-31-27-21-15-9-3)70-60-52-42-36-32-28-22-16-10-4/h45-46,55-56,63-66H,7-44,47-54,57-62H2,1-6H3. The van der Waals surface area contributed by atoms with Crippen LogP contribution in [0, 0.1) is 0 Å². The quantitative estimate of drug-likeness (QED) is 0.0342. The monoisotopic (exact) mass is 1030 g/mol. The SMILES string of the molecule is CCCCCCCCCCOC(CCC=CC(OCCCCCCC)OC(C=CCCC(OCCCCCCCCCC)OCCCCCCCCCC)OCCCCCCC)OCCCCCCCCCC. The third-order valence-electron chi connectivity index (χ3n) is 14.3. The zero-order chi connectivity index (χ0) is 52.9. The number of hydrogen-bond acceptors (Lipinski definition) is 7. The van der Waals surface area contributed by atoms with Crippen LogP contribution >= 0.6 is 0 Å². The molecule has 0 saturated carbocycles. The van der Waals surface area contributed by atoms with Crippen molar-refractivity contribution < 1.29 is 33.2 Å². The van der Waals surface area contributed by atoms with E-state index >= 15 is 0 Å². The van der Waals surface area contributed by atoms with Crippen LogP contribution in [0.15, 0.2) is 24.3 Å². The van der Waals surface area contributed by atoms with Crippen LogP contribution in [0.25, 0.3) is 0 Å². The fourth-order valence-electron chi connectivity index (χ4n) is 9.33. The first-order valence-electron chi connectivity index (χ1n) is 32.8. The van der Waals surface area contributed by atoms with Gasteiger partial charge in [0.05, 0.1) is 13.2 Å². The smallest absolute Gasteiger partial charge is 0.180 e. The van der Waals surface area contributed by atoms with Crippen molar-refractivity contribution in [1.29, 1.82) is 0 Å². The zero-order valence-corrected chi connectivity index (χ0v) is 50.2. The summed E-state index contributed by atoms with van der Waals surface area (Å²) in [5.74, 6) is 0. The van der Waals surface area contributed by atoms with Crippen LogP contribution < -0.4 is 0 Å². The van der Waals surface area contributed by atoms with E-state index in [-0.39, 0.29) is 12.6 Å². The molecule has 0 aliphatic rings. The Morgan fingerprint density at radius 2 is 0.425 bits per heavy atom. The molecule has 2 atom stereocenters. The summed E-state index contributed by atoms with van der Waals surface area (Å²) in [6.45, 7) is 18.1. The summed E-state index contributed by atoms with van der Waals surface area (Å²) >= 11 is 0. The van der Waals surface area contributed by atoms with E-state index in [1.807, 2.05) is 0 Å². The van der Waals surface area contributed by atoms with Gasteiger partial charge in [-0.3, -0.25) is 0 Å². The van der Waals surface area contributed by atoms with Gasteiger partial charge in [0.25, 0.3) is 0 Å². The zero-order valence-electron chi connectivity index (χ0n) is 50.2. The average Bonchev–Trinajstić information content (AvgIpc) is 3.40. The first-order chi connectivity index (χ1) is 36.1. The molecule has 2 unspecified atom stereocenters. The molecule has 0 N–H and O–H groups in total. The van der Waals surface area contributed by atoms with Crippen LogP contribution in [0.4, 0.5) is 0 Å². The molecule has 436 valence electrons. The maximum atomic E-state index is 6.71. The van der Waals surface area contributed by atoms with Crippen molar-refractivity contribution in [2.75, 3.05) is 39.6 Å². The summed E-state index contributed by atoms with van der Waals surface area (Å²) < 4.78 is 45.4. The lowest BCUT2D eigenvalue weighted by Crippen LogP contribution is -2.25. The summed E-state index contributed by atoms with van der Waals surface area (Å²) in [5.41, 5.74) is 0. The van der Waals surface area contributed by atoms with E-state index in [1.54, 1.807) is 0 Å². The normalized spacial score (nSPS) is 13.0. The van der Waals surface area contributed by atoms with Crippen LogP contribution in [-0.2, 0) is 33.2 Å². The lowest BCUT2D eigenvalue weighted by Gasteiger charge is -2.22. The summed E-state index contributed by atoms with van der Waals surface area (Å²) in [7, 11) is 0. The molecular weight excluding hydrogens is 905 g/mol. The highest BCUT2D eigenvalue weighted by atomic mass is 16.8. The topological polar surface area (TPSA) is 64.6 Å². The fraction of sp³-hybridized carbons (Fsp3) is 0.939. The molecule has 0 heterocycles. The van der Waals surface area contributed by atoms with Crippen molar-refractivity contribution in [3.8, 4) is 0 Å². The van der Waals surface area contributed by atoms with Crippen LogP contribution in [0.5, 0.6) is 0 Å². The van der Waals surface area contributed by atoms with Gasteiger partial charge in [0, 0.05) is 39.3 Å². The molecule has 0 spiro atoms. The number of allylic oxidation sites excluding steroid dienone is 2. The predicted molar refractivity (Wildman–Crippen MR) is 317 cm³/mol. The molecule has 73 heavy (non-hydrogen) atoms. The number of rotatable bonds is 64. The second kappa shape index (κ2) is 63.7. The van der Waals surface area contributed by atoms with Gasteiger partial charge in [-0.15, -0.1) is 0 Å². The van der Waals surface area contributed by atoms with Crippen LogP contribution in [0.2, 0.25) is 0 Å². The molecule has 0 amide bonds. The molecule has 0 bridgehead atoms. The summed E-state index contributed by atoms with van der Waals surface area (Å²) in [6, 6.07) is 0. The van der Waals surface area contributed by atoms with Gasteiger partial charge in [0.15, 0.2) is 25.2 Å². The molecule has 0 radical (unpaired) electrons. The van der Waals surface area contributed by atoms with Gasteiger partial charge in [-0.1, -0.05) is 285 Å². The van der Waals surface area contributed by atoms with Crippen LogP contribution in [0.3, 0.4) is 0 Å². The molecule has 0 aromatic rings. The molecule has 0 aliphatic carbocycles. The van der Waals surface area contributed by atoms with Gasteiger partial charge in [-0.2, -0.15) is 0 Å². The molecule has 0 aromatic heterocycles. The predicted octanol–water partition coefficient (Wildman–Crippen LogP) is 21.6. The highest BCUT2D eigenvalue weighted by Crippen LogP contribution is 2.18. The van der Waals surface area contributed by atoms with E-state index in [0.717, 1.165) is 90.6 Å². The van der Waals surface area contributed by atoms with Gasteiger partial charge < -0.3 is 33.2 Å². The second-order valence-electron chi connectivity index (χ2n) is 21.7. The van der Waals surface area contributed by atoms with Crippen molar-refractivity contribution in [1.82, 2.24) is 0 Å². The lowest BCUT2D eigenvalue weighted by molar-refractivity contribution is -0.208. The maximum absolute atomic E-state index is 6.71. The highest BCUT2D eigenvalue weighted by Gasteiger charge is 2.16. The first-order valence-corrected chi connectivity index (χ1v) is 32.8. The Labute approximate surface area is 457 Å². The van der Waals surface area contributed by atoms with E-state index in [4.69, 9.17) is 33.2 Å². The lowest BCUT2D eigenvalue weighted by atomic mass is 10.1. The summed E-state index contributed by atoms with van der Waals surface area (Å²) in [6.07, 6.45) is 64.3. The van der Waals surface area contributed by atoms with E-state index in [0.29, 0.717) is 13.2 Å². The van der Waals surface area contributed by atoms with Crippen LogP contribution in [0.1, 0.15) is 337 Å². The number of hydrogen-bond donors (Lipinski definition) is 0. The van der Waals surface area contributed by atoms with E-state index in [2.05, 4.69) is 65.8 Å². The molecule has 0 fully saturated rings. The van der Waals surface area contributed by atoms with Crippen molar-refractivity contribution in [3.05, 3.63) is 24.3 Å². The minimum Gasteiger partial charge on any atom is -0.353 e. The van der Waals surface area contributed by atoms with E-state index < -0.39 is 12.6 Å². The van der Waals surface area contributed by atoms with Gasteiger partial charge in [0.1, 0.15) is 0 Å². The number of ether oxygens (including phenoxy) is 7. The summed E-state index contributed by atoms with van der Waals surface area (Å²) in [5, 5.41) is 0. The largest absolute Gasteiger partial charge is 0.353 e. The maximum Gasteiger partial charge on any atom is 0.180 e. The van der Waals surface area contributed by atoms with Crippen molar-refractivity contribution >= 4 is 0 Å². The Morgan fingerprint density at radius 3 is 0.644 bits per heavy atom.